The molecule has 0 aromatic heterocycles. The Balaban J connectivity index is -0.000000242. The van der Waals surface area contributed by atoms with Crippen LogP contribution < -0.4 is 0 Å². The van der Waals surface area contributed by atoms with Crippen molar-refractivity contribution in [3.8, 4) is 0 Å². The first kappa shape index (κ1) is 23.0. The van der Waals surface area contributed by atoms with Gasteiger partial charge in [-0.3, -0.25) is 0 Å². The molecule has 0 aliphatic rings. The van der Waals surface area contributed by atoms with Gasteiger partial charge in [0, 0.05) is 7.11 Å². The van der Waals surface area contributed by atoms with E-state index < -0.39 is 0 Å². The molecule has 0 spiro atoms. The summed E-state index contributed by atoms with van der Waals surface area (Å²) in [5, 5.41) is 7.00. The van der Waals surface area contributed by atoms with Crippen LogP contribution in [-0.4, -0.2) is 19.0 Å². The van der Waals surface area contributed by atoms with Crippen LogP contribution in [0.15, 0.2) is 24.3 Å². The summed E-state index contributed by atoms with van der Waals surface area (Å²) < 4.78 is 0. The van der Waals surface area contributed by atoms with E-state index in [1.165, 1.54) is 11.1 Å². The fourth-order valence-corrected chi connectivity index (χ4v) is 1.03. The Labute approximate surface area is 119 Å². The lowest BCUT2D eigenvalue weighted by molar-refractivity contribution is -0.0979. The minimum atomic E-state index is 0.500. The molecule has 19 heavy (non-hydrogen) atoms. The van der Waals surface area contributed by atoms with Crippen LogP contribution in [0.5, 0.6) is 0 Å². The molecule has 2 nitrogen and oxygen atoms in total. The van der Waals surface area contributed by atoms with Crippen LogP contribution in [0, 0.1) is 12.3 Å². The summed E-state index contributed by atoms with van der Waals surface area (Å²) in [6.07, 6.45) is 0. The number of hydrogen-bond acceptors (Lipinski definition) is 2. The van der Waals surface area contributed by atoms with Crippen LogP contribution in [-0.2, 0) is 4.79 Å². The van der Waals surface area contributed by atoms with Gasteiger partial charge in [0.2, 0.25) is 0 Å². The van der Waals surface area contributed by atoms with E-state index in [9.17, 15) is 0 Å². The Kier molecular flexibility index (Phi) is 16.1. The van der Waals surface area contributed by atoms with Gasteiger partial charge in [0.1, 0.15) is 6.79 Å². The van der Waals surface area contributed by atoms with Crippen LogP contribution in [0.25, 0.3) is 0 Å². The maximum Gasteiger partial charge on any atom is 0.106 e. The van der Waals surface area contributed by atoms with Crippen molar-refractivity contribution in [3.63, 3.8) is 0 Å². The second-order valence-electron chi connectivity index (χ2n) is 6.07. The highest BCUT2D eigenvalue weighted by Crippen LogP contribution is 2.14. The second-order valence-corrected chi connectivity index (χ2v) is 6.07. The average molecular weight is 268 g/mol. The predicted molar refractivity (Wildman–Crippen MR) is 85.7 cm³/mol. The summed E-state index contributed by atoms with van der Waals surface area (Å²) in [7, 11) is 1.00. The van der Waals surface area contributed by atoms with E-state index in [1.54, 1.807) is 0 Å². The molecule has 1 aromatic carbocycles. The quantitative estimate of drug-likeness (QED) is 0.808. The summed E-state index contributed by atoms with van der Waals surface area (Å²) in [6.45, 7) is 17.3. The summed E-state index contributed by atoms with van der Waals surface area (Å²) in [4.78, 5) is 8.00. The number of aliphatic hydroxyl groups excluding tert-OH is 1. The number of hydrogen-bond donors (Lipinski definition) is 1. The molecule has 0 aliphatic heterocycles. The van der Waals surface area contributed by atoms with E-state index >= 15 is 0 Å². The lowest BCUT2D eigenvalue weighted by Crippen LogP contribution is -1.93. The molecule has 0 saturated carbocycles. The van der Waals surface area contributed by atoms with E-state index in [0.717, 1.165) is 7.11 Å². The number of rotatable bonds is 1. The third kappa shape index (κ3) is 22.5. The molecule has 0 bridgehead atoms. The Morgan fingerprint density at radius 2 is 1.42 bits per heavy atom. The Morgan fingerprint density at radius 1 is 1.05 bits per heavy atom. The largest absolute Gasteiger partial charge is 0.400 e. The summed E-state index contributed by atoms with van der Waals surface area (Å²) in [5.41, 5.74) is 3.28. The van der Waals surface area contributed by atoms with Gasteiger partial charge in [-0.1, -0.05) is 71.4 Å². The van der Waals surface area contributed by atoms with Crippen molar-refractivity contribution in [2.75, 3.05) is 7.11 Å². The van der Waals surface area contributed by atoms with Crippen LogP contribution in [0.2, 0.25) is 0 Å². The third-order valence-corrected chi connectivity index (χ3v) is 1.71. The first-order valence-electron chi connectivity index (χ1n) is 6.50. The molecule has 0 atom stereocenters. The molecule has 0 unspecified atom stereocenters. The molecule has 0 fully saturated rings. The predicted octanol–water partition coefficient (Wildman–Crippen LogP) is 4.59. The van der Waals surface area contributed by atoms with Crippen LogP contribution in [0.3, 0.4) is 0 Å². The molecular formula is C17H32O2. The molecule has 1 N–H and O–H groups in total. The monoisotopic (exact) mass is 268 g/mol. The summed E-state index contributed by atoms with van der Waals surface area (Å²) in [6, 6.07) is 8.67. The zero-order valence-corrected chi connectivity index (χ0v) is 13.9. The smallest absolute Gasteiger partial charge is 0.106 e. The van der Waals surface area contributed by atoms with Gasteiger partial charge in [-0.15, -0.1) is 0 Å². The van der Waals surface area contributed by atoms with E-state index in [2.05, 4.69) is 72.7 Å². The Hall–Kier alpha value is -1.15. The molecule has 0 aliphatic carbocycles. The highest BCUT2D eigenvalue weighted by Gasteiger charge is 1.96. The number of aliphatic hydroxyl groups is 1. The van der Waals surface area contributed by atoms with Crippen molar-refractivity contribution in [1.82, 2.24) is 0 Å². The molecular weight excluding hydrogens is 236 g/mol. The number of carbonyl (C=O) groups excluding carboxylic acids is 1. The van der Waals surface area contributed by atoms with Crippen molar-refractivity contribution < 1.29 is 9.90 Å². The summed E-state index contributed by atoms with van der Waals surface area (Å²) >= 11 is 0. The van der Waals surface area contributed by atoms with Gasteiger partial charge in [-0.2, -0.15) is 0 Å². The Bertz CT molecular complexity index is 292. The van der Waals surface area contributed by atoms with Crippen LogP contribution >= 0.6 is 0 Å². The van der Waals surface area contributed by atoms with Crippen molar-refractivity contribution in [2.24, 2.45) is 5.41 Å². The third-order valence-electron chi connectivity index (χ3n) is 1.71. The minimum absolute atomic E-state index is 0.500. The molecule has 0 saturated heterocycles. The van der Waals surface area contributed by atoms with Crippen molar-refractivity contribution >= 4 is 6.79 Å². The molecule has 2 heteroatoms. The standard InChI is InChI=1S/C10H14.C5H12.CH4O.CH2O/c1-8(2)10-6-4-5-9(3)7-10;1-5(2,3)4;2*1-2/h4-8H,1-3H3;1-4H3;2H,1H3;1H2. The van der Waals surface area contributed by atoms with Gasteiger partial charge < -0.3 is 9.90 Å². The van der Waals surface area contributed by atoms with Gasteiger partial charge in [-0.25, -0.2) is 0 Å². The maximum atomic E-state index is 8.00. The van der Waals surface area contributed by atoms with Gasteiger partial charge in [-0.05, 0) is 23.8 Å². The second kappa shape index (κ2) is 13.3. The van der Waals surface area contributed by atoms with Crippen LogP contribution in [0.4, 0.5) is 0 Å². The van der Waals surface area contributed by atoms with Gasteiger partial charge in [0.15, 0.2) is 0 Å². The zero-order chi connectivity index (χ0) is 16.1. The molecule has 1 rings (SSSR count). The van der Waals surface area contributed by atoms with E-state index in [4.69, 9.17) is 9.90 Å². The van der Waals surface area contributed by atoms with Crippen molar-refractivity contribution in [3.05, 3.63) is 35.4 Å². The van der Waals surface area contributed by atoms with E-state index in [0.29, 0.717) is 11.3 Å². The lowest BCUT2D eigenvalue weighted by atomic mass is 10.0. The number of benzene rings is 1. The fraction of sp³-hybridized carbons (Fsp3) is 0.588. The molecule has 0 radical (unpaired) electrons. The summed E-state index contributed by atoms with van der Waals surface area (Å²) in [5.74, 6) is 0.653. The Morgan fingerprint density at radius 3 is 1.63 bits per heavy atom. The minimum Gasteiger partial charge on any atom is -0.400 e. The van der Waals surface area contributed by atoms with Gasteiger partial charge in [0.25, 0.3) is 0 Å². The fourth-order valence-electron chi connectivity index (χ4n) is 1.03. The SMILES string of the molecule is C=O.CC(C)(C)C.CO.Cc1cccc(C(C)C)c1. The molecule has 112 valence electrons. The van der Waals surface area contributed by atoms with E-state index in [1.807, 2.05) is 6.79 Å². The van der Waals surface area contributed by atoms with Gasteiger partial charge in [0.05, 0.1) is 0 Å². The zero-order valence-electron chi connectivity index (χ0n) is 13.9. The topological polar surface area (TPSA) is 37.3 Å². The van der Waals surface area contributed by atoms with E-state index in [-0.39, 0.29) is 0 Å². The van der Waals surface area contributed by atoms with Crippen molar-refractivity contribution in [1.29, 1.82) is 0 Å². The highest BCUT2D eigenvalue weighted by atomic mass is 16.2. The normalized spacial score (nSPS) is 9.16. The van der Waals surface area contributed by atoms with Gasteiger partial charge >= 0.3 is 0 Å². The first-order chi connectivity index (χ1) is 8.70. The molecule has 0 heterocycles. The number of aryl methyl sites for hydroxylation is 1. The first-order valence-corrected chi connectivity index (χ1v) is 6.50. The molecule has 0 amide bonds. The molecule has 1 aromatic rings. The van der Waals surface area contributed by atoms with Crippen molar-refractivity contribution in [2.45, 2.75) is 54.4 Å². The average Bonchev–Trinajstić information content (AvgIpc) is 2.32. The van der Waals surface area contributed by atoms with Crippen LogP contribution in [0.1, 0.15) is 58.6 Å². The highest BCUT2D eigenvalue weighted by molar-refractivity contribution is 5.24. The lowest BCUT2D eigenvalue weighted by Gasteiger charge is -2.05. The maximum absolute atomic E-state index is 8.00. The number of carbonyl (C=O) groups is 1.